The molecule has 2 saturated heterocycles. The standard InChI is InChI=1S/C21H35N5O3S/c1-15-13-17(22-21(28)19-14-20(29-23-19)16-3-4-16)5-10-26(15)30-25-8-6-18(7-9-25)24(2)11-12-27/h14-18,27H,3-13H2,1-2H3,(H,22,28). The second kappa shape index (κ2) is 9.99. The van der Waals surface area contributed by atoms with Crippen molar-refractivity contribution < 1.29 is 14.4 Å². The van der Waals surface area contributed by atoms with Crippen molar-refractivity contribution >= 4 is 18.0 Å². The van der Waals surface area contributed by atoms with E-state index in [9.17, 15) is 4.79 Å². The van der Waals surface area contributed by atoms with Crippen LogP contribution in [0.25, 0.3) is 0 Å². The van der Waals surface area contributed by atoms with Gasteiger partial charge in [0.25, 0.3) is 5.91 Å². The van der Waals surface area contributed by atoms with Gasteiger partial charge in [-0.25, -0.2) is 8.61 Å². The number of carbonyl (C=O) groups is 1. The van der Waals surface area contributed by atoms with E-state index in [0.717, 1.165) is 70.5 Å². The van der Waals surface area contributed by atoms with E-state index in [1.807, 2.05) is 18.2 Å². The lowest BCUT2D eigenvalue weighted by molar-refractivity contribution is 0.0905. The summed E-state index contributed by atoms with van der Waals surface area (Å²) in [6.45, 7) is 6.34. The van der Waals surface area contributed by atoms with Crippen molar-refractivity contribution in [3.63, 3.8) is 0 Å². The highest BCUT2D eigenvalue weighted by Crippen LogP contribution is 2.40. The van der Waals surface area contributed by atoms with Crippen LogP contribution in [0.3, 0.4) is 0 Å². The summed E-state index contributed by atoms with van der Waals surface area (Å²) in [5, 5.41) is 16.2. The number of hydrogen-bond donors (Lipinski definition) is 2. The number of nitrogens with zero attached hydrogens (tertiary/aromatic N) is 4. The van der Waals surface area contributed by atoms with Crippen molar-refractivity contribution in [2.45, 2.75) is 69.5 Å². The summed E-state index contributed by atoms with van der Waals surface area (Å²) in [7, 11) is 2.11. The lowest BCUT2D eigenvalue weighted by Gasteiger charge is -2.41. The summed E-state index contributed by atoms with van der Waals surface area (Å²) in [6, 6.07) is 2.97. The summed E-state index contributed by atoms with van der Waals surface area (Å²) in [5.41, 5.74) is 0.412. The van der Waals surface area contributed by atoms with Gasteiger partial charge in [0.1, 0.15) is 5.76 Å². The number of aliphatic hydroxyl groups is 1. The molecular formula is C21H35N5O3S. The molecule has 2 aliphatic heterocycles. The van der Waals surface area contributed by atoms with Gasteiger partial charge in [-0.2, -0.15) is 0 Å². The van der Waals surface area contributed by atoms with E-state index < -0.39 is 0 Å². The van der Waals surface area contributed by atoms with Crippen LogP contribution in [-0.2, 0) is 0 Å². The smallest absolute Gasteiger partial charge is 0.273 e. The normalized spacial score (nSPS) is 26.9. The van der Waals surface area contributed by atoms with E-state index >= 15 is 0 Å². The molecule has 0 bridgehead atoms. The number of nitrogens with one attached hydrogen (secondary N) is 1. The SMILES string of the molecule is CC1CC(NC(=O)c2cc(C3CC3)on2)CCN1SN1CCC(N(C)CCO)CC1. The van der Waals surface area contributed by atoms with E-state index in [2.05, 4.69) is 38.0 Å². The zero-order valence-electron chi connectivity index (χ0n) is 18.1. The van der Waals surface area contributed by atoms with Gasteiger partial charge in [-0.15, -0.1) is 0 Å². The number of aromatic nitrogens is 1. The van der Waals surface area contributed by atoms with Crippen molar-refractivity contribution in [1.29, 1.82) is 0 Å². The van der Waals surface area contributed by atoms with Gasteiger partial charge in [0, 0.05) is 68.4 Å². The predicted octanol–water partition coefficient (Wildman–Crippen LogP) is 2.09. The predicted molar refractivity (Wildman–Crippen MR) is 117 cm³/mol. The molecule has 0 aromatic carbocycles. The topological polar surface area (TPSA) is 85.1 Å². The lowest BCUT2D eigenvalue weighted by atomic mass is 10.0. The number of carbonyl (C=O) groups excluding carboxylic acids is 1. The number of piperidine rings is 2. The molecule has 4 rings (SSSR count). The molecule has 3 fully saturated rings. The minimum absolute atomic E-state index is 0.113. The van der Waals surface area contributed by atoms with E-state index in [-0.39, 0.29) is 18.6 Å². The van der Waals surface area contributed by atoms with Crippen LogP contribution in [0.2, 0.25) is 0 Å². The quantitative estimate of drug-likeness (QED) is 0.598. The molecule has 2 unspecified atom stereocenters. The lowest BCUT2D eigenvalue weighted by Crippen LogP contribution is -2.48. The minimum atomic E-state index is -0.113. The molecule has 30 heavy (non-hydrogen) atoms. The monoisotopic (exact) mass is 437 g/mol. The Labute approximate surface area is 183 Å². The van der Waals surface area contributed by atoms with Crippen LogP contribution in [0.4, 0.5) is 0 Å². The molecule has 8 nitrogen and oxygen atoms in total. The maximum Gasteiger partial charge on any atom is 0.273 e. The van der Waals surface area contributed by atoms with E-state index in [1.165, 1.54) is 0 Å². The Morgan fingerprint density at radius 3 is 2.73 bits per heavy atom. The summed E-state index contributed by atoms with van der Waals surface area (Å²) in [4.78, 5) is 14.8. The maximum absolute atomic E-state index is 12.5. The van der Waals surface area contributed by atoms with Gasteiger partial charge in [0.05, 0.1) is 6.61 Å². The molecule has 168 valence electrons. The second-order valence-corrected chi connectivity index (χ2v) is 10.2. The highest BCUT2D eigenvalue weighted by atomic mass is 32.2. The van der Waals surface area contributed by atoms with Gasteiger partial charge in [-0.3, -0.25) is 4.79 Å². The third-order valence-electron chi connectivity index (χ3n) is 6.61. The first-order valence-electron chi connectivity index (χ1n) is 11.3. The van der Waals surface area contributed by atoms with Crippen molar-refractivity contribution in [2.75, 3.05) is 39.8 Å². The number of likely N-dealkylation sites (N-methyl/N-ethyl adjacent to an activating group) is 1. The van der Waals surface area contributed by atoms with Crippen molar-refractivity contribution in [3.05, 3.63) is 17.5 Å². The van der Waals surface area contributed by atoms with Crippen molar-refractivity contribution in [2.24, 2.45) is 0 Å². The van der Waals surface area contributed by atoms with Gasteiger partial charge in [0.2, 0.25) is 0 Å². The Kier molecular flexibility index (Phi) is 7.36. The first-order valence-corrected chi connectivity index (χ1v) is 12.0. The Bertz CT molecular complexity index is 705. The highest BCUT2D eigenvalue weighted by Gasteiger charge is 2.32. The van der Waals surface area contributed by atoms with E-state index in [4.69, 9.17) is 9.63 Å². The van der Waals surface area contributed by atoms with Crippen LogP contribution in [-0.4, -0.2) is 87.6 Å². The summed E-state index contributed by atoms with van der Waals surface area (Å²) >= 11 is 1.87. The first-order chi connectivity index (χ1) is 14.5. The first kappa shape index (κ1) is 22.1. The molecule has 1 aliphatic carbocycles. The Morgan fingerprint density at radius 2 is 2.07 bits per heavy atom. The average Bonchev–Trinajstić information content (AvgIpc) is 3.47. The zero-order chi connectivity index (χ0) is 21.1. The summed E-state index contributed by atoms with van der Waals surface area (Å²) in [5.74, 6) is 1.21. The van der Waals surface area contributed by atoms with E-state index in [1.54, 1.807) is 0 Å². The van der Waals surface area contributed by atoms with Crippen LogP contribution in [0.1, 0.15) is 67.6 Å². The molecule has 0 radical (unpaired) electrons. The molecule has 1 aromatic rings. The molecule has 3 aliphatic rings. The maximum atomic E-state index is 12.5. The molecular weight excluding hydrogens is 402 g/mol. The van der Waals surface area contributed by atoms with Gasteiger partial charge >= 0.3 is 0 Å². The van der Waals surface area contributed by atoms with Crippen LogP contribution in [0, 0.1) is 0 Å². The fourth-order valence-corrected chi connectivity index (χ4v) is 5.58. The molecule has 2 atom stereocenters. The Morgan fingerprint density at radius 1 is 1.30 bits per heavy atom. The molecule has 3 heterocycles. The largest absolute Gasteiger partial charge is 0.395 e. The number of aliphatic hydroxyl groups excluding tert-OH is 1. The number of amides is 1. The molecule has 1 amide bonds. The highest BCUT2D eigenvalue weighted by molar-refractivity contribution is 7.94. The molecule has 1 aromatic heterocycles. The van der Waals surface area contributed by atoms with Crippen LogP contribution >= 0.6 is 12.1 Å². The zero-order valence-corrected chi connectivity index (χ0v) is 18.9. The van der Waals surface area contributed by atoms with Gasteiger partial charge in [-0.1, -0.05) is 5.16 Å². The minimum Gasteiger partial charge on any atom is -0.395 e. The van der Waals surface area contributed by atoms with Gasteiger partial charge < -0.3 is 19.8 Å². The fraction of sp³-hybridized carbons (Fsp3) is 0.810. The summed E-state index contributed by atoms with van der Waals surface area (Å²) in [6.07, 6.45) is 6.46. The van der Waals surface area contributed by atoms with Gasteiger partial charge in [0.15, 0.2) is 5.69 Å². The van der Waals surface area contributed by atoms with Crippen LogP contribution < -0.4 is 5.32 Å². The fourth-order valence-electron chi connectivity index (χ4n) is 4.47. The van der Waals surface area contributed by atoms with Crippen LogP contribution in [0.15, 0.2) is 10.6 Å². The third-order valence-corrected chi connectivity index (χ3v) is 7.96. The molecule has 9 heteroatoms. The second-order valence-electron chi connectivity index (χ2n) is 9.02. The van der Waals surface area contributed by atoms with Crippen LogP contribution in [0.5, 0.6) is 0 Å². The van der Waals surface area contributed by atoms with Crippen molar-refractivity contribution in [3.8, 4) is 0 Å². The Balaban J connectivity index is 1.19. The average molecular weight is 438 g/mol. The summed E-state index contributed by atoms with van der Waals surface area (Å²) < 4.78 is 10.2. The number of rotatable bonds is 8. The van der Waals surface area contributed by atoms with Gasteiger partial charge in [-0.05, 0) is 52.5 Å². The number of hydrogen-bond acceptors (Lipinski definition) is 8. The third kappa shape index (κ3) is 5.56. The Hall–Kier alpha value is -1.13. The van der Waals surface area contributed by atoms with E-state index in [0.29, 0.717) is 23.7 Å². The molecule has 2 N–H and O–H groups in total. The molecule has 0 spiro atoms. The molecule has 1 saturated carbocycles. The van der Waals surface area contributed by atoms with Crippen molar-refractivity contribution in [1.82, 2.24) is 24.0 Å².